The van der Waals surface area contributed by atoms with Crippen LogP contribution in [0, 0.1) is 5.92 Å². The molecule has 5 heteroatoms. The molecule has 0 bridgehead atoms. The summed E-state index contributed by atoms with van der Waals surface area (Å²) in [5, 5.41) is 7.11. The zero-order valence-corrected chi connectivity index (χ0v) is 16.2. The number of nitrogens with zero attached hydrogens (tertiary/aromatic N) is 2. The topological polar surface area (TPSA) is 68.0 Å². The van der Waals surface area contributed by atoms with Gasteiger partial charge < -0.3 is 9.84 Å². The van der Waals surface area contributed by atoms with E-state index >= 15 is 0 Å². The number of carbonyl (C=O) groups excluding carboxylic acids is 1. The molecule has 0 saturated heterocycles. The molecule has 1 heterocycles. The molecular weight excluding hydrogens is 326 g/mol. The third-order valence-electron chi connectivity index (χ3n) is 5.16. The zero-order valence-electron chi connectivity index (χ0n) is 16.2. The number of rotatable bonds is 4. The van der Waals surface area contributed by atoms with Crippen molar-refractivity contribution >= 4 is 5.91 Å². The van der Waals surface area contributed by atoms with Crippen LogP contribution in [0.1, 0.15) is 77.3 Å². The molecule has 0 radical (unpaired) electrons. The highest BCUT2D eigenvalue weighted by Crippen LogP contribution is 2.27. The number of nitrogens with one attached hydrogen (secondary N) is 1. The van der Waals surface area contributed by atoms with Gasteiger partial charge in [-0.25, -0.2) is 0 Å². The van der Waals surface area contributed by atoms with Crippen molar-refractivity contribution in [3.63, 3.8) is 0 Å². The monoisotopic (exact) mass is 355 g/mol. The maximum Gasteiger partial charge on any atom is 0.249 e. The van der Waals surface area contributed by atoms with Gasteiger partial charge in [0.05, 0.1) is 0 Å². The first kappa shape index (κ1) is 18.6. The van der Waals surface area contributed by atoms with Gasteiger partial charge in [0, 0.05) is 11.5 Å². The molecule has 1 unspecified atom stereocenters. The second kappa shape index (κ2) is 7.60. The van der Waals surface area contributed by atoms with Crippen molar-refractivity contribution < 1.29 is 9.32 Å². The van der Waals surface area contributed by atoms with Crippen molar-refractivity contribution in [1.82, 2.24) is 15.5 Å². The van der Waals surface area contributed by atoms with Crippen LogP contribution in [0.2, 0.25) is 0 Å². The van der Waals surface area contributed by atoms with E-state index < -0.39 is 0 Å². The first-order chi connectivity index (χ1) is 12.3. The van der Waals surface area contributed by atoms with Crippen LogP contribution < -0.4 is 5.32 Å². The van der Waals surface area contributed by atoms with E-state index in [1.807, 2.05) is 19.1 Å². The number of hydrogen-bond acceptors (Lipinski definition) is 4. The Kier molecular flexibility index (Phi) is 5.44. The fourth-order valence-electron chi connectivity index (χ4n) is 3.41. The molecular formula is C21H29N3O2. The van der Waals surface area contributed by atoms with Crippen LogP contribution in [0.15, 0.2) is 28.8 Å². The fourth-order valence-corrected chi connectivity index (χ4v) is 3.41. The van der Waals surface area contributed by atoms with E-state index in [0.717, 1.165) is 31.2 Å². The van der Waals surface area contributed by atoms with Crippen LogP contribution in [0.3, 0.4) is 0 Å². The molecule has 1 saturated carbocycles. The van der Waals surface area contributed by atoms with Crippen LogP contribution >= 0.6 is 0 Å². The molecule has 0 spiro atoms. The Morgan fingerprint density at radius 1 is 1.15 bits per heavy atom. The van der Waals surface area contributed by atoms with Crippen molar-refractivity contribution in [1.29, 1.82) is 0 Å². The van der Waals surface area contributed by atoms with E-state index in [1.165, 1.54) is 12.0 Å². The summed E-state index contributed by atoms with van der Waals surface area (Å²) in [6.07, 6.45) is 5.48. The Labute approximate surface area is 155 Å². The first-order valence-corrected chi connectivity index (χ1v) is 9.59. The zero-order chi connectivity index (χ0) is 18.7. The molecule has 0 aliphatic heterocycles. The highest BCUT2D eigenvalue weighted by atomic mass is 16.5. The fraction of sp³-hybridized carbons (Fsp3) is 0.571. The molecule has 5 nitrogen and oxygen atoms in total. The van der Waals surface area contributed by atoms with Crippen LogP contribution in [0.25, 0.3) is 11.4 Å². The second-order valence-electron chi connectivity index (χ2n) is 8.35. The van der Waals surface area contributed by atoms with Gasteiger partial charge >= 0.3 is 0 Å². The molecule has 26 heavy (non-hydrogen) atoms. The minimum absolute atomic E-state index is 0.103. The van der Waals surface area contributed by atoms with E-state index in [-0.39, 0.29) is 23.3 Å². The lowest BCUT2D eigenvalue weighted by molar-refractivity contribution is -0.126. The lowest BCUT2D eigenvalue weighted by Gasteiger charge is -2.22. The van der Waals surface area contributed by atoms with Gasteiger partial charge in [-0.1, -0.05) is 69.5 Å². The van der Waals surface area contributed by atoms with E-state index in [0.29, 0.717) is 11.7 Å². The van der Waals surface area contributed by atoms with Gasteiger partial charge in [0.15, 0.2) is 0 Å². The molecule has 3 rings (SSSR count). The van der Waals surface area contributed by atoms with Crippen molar-refractivity contribution in [3.8, 4) is 11.4 Å². The van der Waals surface area contributed by atoms with Crippen LogP contribution in [-0.4, -0.2) is 16.0 Å². The predicted molar refractivity (Wildman–Crippen MR) is 102 cm³/mol. The Morgan fingerprint density at radius 2 is 1.81 bits per heavy atom. The molecule has 1 amide bonds. The maximum atomic E-state index is 12.4. The minimum atomic E-state index is -0.278. The summed E-state index contributed by atoms with van der Waals surface area (Å²) >= 11 is 0. The lowest BCUT2D eigenvalue weighted by Crippen LogP contribution is -2.33. The van der Waals surface area contributed by atoms with Gasteiger partial charge in [-0.3, -0.25) is 4.79 Å². The Hall–Kier alpha value is -2.17. The summed E-state index contributed by atoms with van der Waals surface area (Å²) in [5.74, 6) is 1.23. The summed E-state index contributed by atoms with van der Waals surface area (Å²) in [7, 11) is 0. The standard InChI is InChI=1S/C21H29N3O2/c1-14(22-19(25)16-8-6-5-7-9-16)20-23-18(24-26-20)15-10-12-17(13-11-15)21(2,3)4/h10-14,16H,5-9H2,1-4H3,(H,22,25). The van der Waals surface area contributed by atoms with Crippen molar-refractivity contribution in [3.05, 3.63) is 35.7 Å². The lowest BCUT2D eigenvalue weighted by atomic mass is 9.87. The third-order valence-corrected chi connectivity index (χ3v) is 5.16. The van der Waals surface area contributed by atoms with Gasteiger partial charge in [-0.2, -0.15) is 4.98 Å². The molecule has 140 valence electrons. The molecule has 2 aromatic rings. The number of carbonyl (C=O) groups is 1. The van der Waals surface area contributed by atoms with Gasteiger partial charge in [-0.15, -0.1) is 0 Å². The molecule has 1 aliphatic rings. The highest BCUT2D eigenvalue weighted by molar-refractivity contribution is 5.79. The Balaban J connectivity index is 1.66. The average molecular weight is 355 g/mol. The minimum Gasteiger partial charge on any atom is -0.344 e. The predicted octanol–water partition coefficient (Wildman–Crippen LogP) is 4.79. The number of benzene rings is 1. The van der Waals surface area contributed by atoms with Crippen molar-refractivity contribution in [2.45, 2.75) is 71.3 Å². The Morgan fingerprint density at radius 3 is 2.42 bits per heavy atom. The molecule has 1 N–H and O–H groups in total. The summed E-state index contributed by atoms with van der Waals surface area (Å²) in [6, 6.07) is 7.94. The maximum absolute atomic E-state index is 12.4. The van der Waals surface area contributed by atoms with Crippen LogP contribution in [0.5, 0.6) is 0 Å². The largest absolute Gasteiger partial charge is 0.344 e. The molecule has 1 aromatic heterocycles. The third kappa shape index (κ3) is 4.32. The van der Waals surface area contributed by atoms with E-state index in [4.69, 9.17) is 4.52 Å². The van der Waals surface area contributed by atoms with Crippen molar-refractivity contribution in [2.75, 3.05) is 0 Å². The Bertz CT molecular complexity index is 737. The molecule has 1 aromatic carbocycles. The normalized spacial score (nSPS) is 17.1. The smallest absolute Gasteiger partial charge is 0.249 e. The number of hydrogen-bond donors (Lipinski definition) is 1. The van der Waals surface area contributed by atoms with Crippen LogP contribution in [-0.2, 0) is 10.2 Å². The van der Waals surface area contributed by atoms with Crippen molar-refractivity contribution in [2.24, 2.45) is 5.92 Å². The summed E-state index contributed by atoms with van der Waals surface area (Å²) in [6.45, 7) is 8.45. The van der Waals surface area contributed by atoms with Gasteiger partial charge in [-0.05, 0) is 30.7 Å². The van der Waals surface area contributed by atoms with Crippen LogP contribution in [0.4, 0.5) is 0 Å². The number of aromatic nitrogens is 2. The van der Waals surface area contributed by atoms with E-state index in [1.54, 1.807) is 0 Å². The molecule has 1 fully saturated rings. The average Bonchev–Trinajstić information content (AvgIpc) is 3.12. The van der Waals surface area contributed by atoms with Gasteiger partial charge in [0.1, 0.15) is 6.04 Å². The quantitative estimate of drug-likeness (QED) is 0.856. The SMILES string of the molecule is CC(NC(=O)C1CCCCC1)c1nc(-c2ccc(C(C)(C)C)cc2)no1. The summed E-state index contributed by atoms with van der Waals surface area (Å²) in [4.78, 5) is 16.9. The summed E-state index contributed by atoms with van der Waals surface area (Å²) in [5.41, 5.74) is 2.29. The first-order valence-electron chi connectivity index (χ1n) is 9.59. The highest BCUT2D eigenvalue weighted by Gasteiger charge is 2.24. The van der Waals surface area contributed by atoms with Gasteiger partial charge in [0.2, 0.25) is 17.6 Å². The van der Waals surface area contributed by atoms with E-state index in [9.17, 15) is 4.79 Å². The number of amides is 1. The summed E-state index contributed by atoms with van der Waals surface area (Å²) < 4.78 is 5.39. The molecule has 1 aliphatic carbocycles. The second-order valence-corrected chi connectivity index (χ2v) is 8.35. The van der Waals surface area contributed by atoms with E-state index in [2.05, 4.69) is 48.4 Å². The molecule has 1 atom stereocenters. The van der Waals surface area contributed by atoms with Gasteiger partial charge in [0.25, 0.3) is 0 Å².